The van der Waals surface area contributed by atoms with Crippen molar-refractivity contribution in [1.29, 1.82) is 5.41 Å². The van der Waals surface area contributed by atoms with Gasteiger partial charge >= 0.3 is 0 Å². The molecular formula is C8H13N3. The van der Waals surface area contributed by atoms with E-state index >= 15 is 0 Å². The molecule has 0 saturated heterocycles. The van der Waals surface area contributed by atoms with Crippen LogP contribution in [0.15, 0.2) is 28.8 Å². The summed E-state index contributed by atoms with van der Waals surface area (Å²) in [4.78, 5) is 3.76. The first-order valence-corrected chi connectivity index (χ1v) is 3.28. The summed E-state index contributed by atoms with van der Waals surface area (Å²) in [5.41, 5.74) is 6.08. The second kappa shape index (κ2) is 5.41. The molecule has 11 heavy (non-hydrogen) atoms. The van der Waals surface area contributed by atoms with Gasteiger partial charge in [0.25, 0.3) is 0 Å². The number of nitrogens with one attached hydrogen (secondary N) is 1. The van der Waals surface area contributed by atoms with E-state index in [9.17, 15) is 0 Å². The minimum Gasteiger partial charge on any atom is -0.384 e. The van der Waals surface area contributed by atoms with Gasteiger partial charge in [0.15, 0.2) is 0 Å². The van der Waals surface area contributed by atoms with Crippen LogP contribution in [0.1, 0.15) is 6.92 Å². The quantitative estimate of drug-likeness (QED) is 0.354. The van der Waals surface area contributed by atoms with Crippen LogP contribution in [0, 0.1) is 5.41 Å². The molecule has 3 nitrogen and oxygen atoms in total. The molecule has 0 rings (SSSR count). The van der Waals surface area contributed by atoms with Gasteiger partial charge < -0.3 is 5.73 Å². The highest BCUT2D eigenvalue weighted by Crippen LogP contribution is 1.92. The third kappa shape index (κ3) is 6.51. The third-order valence-corrected chi connectivity index (χ3v) is 0.977. The van der Waals surface area contributed by atoms with Crippen molar-refractivity contribution in [3.8, 4) is 0 Å². The van der Waals surface area contributed by atoms with E-state index in [1.54, 1.807) is 25.4 Å². The van der Waals surface area contributed by atoms with Gasteiger partial charge in [-0.05, 0) is 24.6 Å². The smallest absolute Gasteiger partial charge is 0.115 e. The number of hydrogen-bond acceptors (Lipinski definition) is 2. The van der Waals surface area contributed by atoms with Crippen LogP contribution in [-0.4, -0.2) is 19.1 Å². The predicted molar refractivity (Wildman–Crippen MR) is 49.2 cm³/mol. The van der Waals surface area contributed by atoms with Gasteiger partial charge in [-0.15, -0.1) is 0 Å². The fraction of sp³-hybridized carbons (Fsp3) is 0.250. The number of aliphatic imine (C=N–C) groups is 1. The molecule has 0 radical (unpaired) electrons. The maximum absolute atomic E-state index is 6.94. The van der Waals surface area contributed by atoms with Crippen molar-refractivity contribution in [3.05, 3.63) is 23.8 Å². The summed E-state index contributed by atoms with van der Waals surface area (Å²) >= 11 is 0. The largest absolute Gasteiger partial charge is 0.384 e. The van der Waals surface area contributed by atoms with Gasteiger partial charge in [-0.2, -0.15) is 0 Å². The molecule has 0 amide bonds. The Morgan fingerprint density at radius 1 is 1.55 bits per heavy atom. The summed E-state index contributed by atoms with van der Waals surface area (Å²) in [6.07, 6.45) is 6.90. The van der Waals surface area contributed by atoms with Gasteiger partial charge in [-0.1, -0.05) is 6.08 Å². The summed E-state index contributed by atoms with van der Waals surface area (Å²) in [6.45, 7) is 1.88. The Kier molecular flexibility index (Phi) is 4.73. The molecular weight excluding hydrogens is 138 g/mol. The fourth-order valence-electron chi connectivity index (χ4n) is 0.574. The first-order chi connectivity index (χ1) is 5.16. The van der Waals surface area contributed by atoms with E-state index in [1.165, 1.54) is 0 Å². The number of rotatable bonds is 3. The highest BCUT2D eigenvalue weighted by molar-refractivity contribution is 5.89. The second-order valence-electron chi connectivity index (χ2n) is 2.11. The van der Waals surface area contributed by atoms with Gasteiger partial charge in [-0.25, -0.2) is 0 Å². The highest BCUT2D eigenvalue weighted by atomic mass is 14.7. The maximum Gasteiger partial charge on any atom is 0.115 e. The lowest BCUT2D eigenvalue weighted by Gasteiger charge is -1.88. The summed E-state index contributed by atoms with van der Waals surface area (Å²) < 4.78 is 0. The molecule has 0 aliphatic carbocycles. The van der Waals surface area contributed by atoms with Crippen molar-refractivity contribution >= 4 is 12.1 Å². The molecule has 0 heterocycles. The monoisotopic (exact) mass is 151 g/mol. The van der Waals surface area contributed by atoms with Crippen LogP contribution in [0.25, 0.3) is 0 Å². The first kappa shape index (κ1) is 9.62. The lowest BCUT2D eigenvalue weighted by atomic mass is 10.2. The molecule has 3 N–H and O–H groups in total. The van der Waals surface area contributed by atoms with Gasteiger partial charge in [0.1, 0.15) is 5.84 Å². The Hall–Kier alpha value is -1.38. The molecule has 0 aliphatic heterocycles. The zero-order valence-corrected chi connectivity index (χ0v) is 6.83. The van der Waals surface area contributed by atoms with Crippen LogP contribution in [0.2, 0.25) is 0 Å². The van der Waals surface area contributed by atoms with Crippen molar-refractivity contribution < 1.29 is 0 Å². The van der Waals surface area contributed by atoms with Gasteiger partial charge in [0, 0.05) is 13.3 Å². The SMILES string of the molecule is CN=C/C=C\C(C)=C\C(=N)N. The van der Waals surface area contributed by atoms with Crippen LogP contribution in [-0.2, 0) is 0 Å². The molecule has 0 bridgehead atoms. The van der Waals surface area contributed by atoms with E-state index in [0.29, 0.717) is 0 Å². The first-order valence-electron chi connectivity index (χ1n) is 3.28. The van der Waals surface area contributed by atoms with E-state index in [4.69, 9.17) is 11.1 Å². The second-order valence-corrected chi connectivity index (χ2v) is 2.11. The molecule has 0 saturated carbocycles. The van der Waals surface area contributed by atoms with E-state index in [2.05, 4.69) is 4.99 Å². The lowest BCUT2D eigenvalue weighted by Crippen LogP contribution is -2.05. The van der Waals surface area contributed by atoms with E-state index in [0.717, 1.165) is 5.57 Å². The third-order valence-electron chi connectivity index (χ3n) is 0.977. The minimum absolute atomic E-state index is 0.0700. The minimum atomic E-state index is 0.0700. The lowest BCUT2D eigenvalue weighted by molar-refractivity contribution is 1.43. The Balaban J connectivity index is 4.05. The van der Waals surface area contributed by atoms with Crippen LogP contribution in [0.5, 0.6) is 0 Å². The molecule has 0 spiro atoms. The molecule has 0 atom stereocenters. The van der Waals surface area contributed by atoms with Gasteiger partial charge in [-0.3, -0.25) is 10.4 Å². The molecule has 0 aromatic carbocycles. The molecule has 0 fully saturated rings. The molecule has 0 aromatic heterocycles. The Bertz CT molecular complexity index is 211. The normalized spacial score (nSPS) is 13.1. The van der Waals surface area contributed by atoms with Crippen LogP contribution >= 0.6 is 0 Å². The topological polar surface area (TPSA) is 62.2 Å². The van der Waals surface area contributed by atoms with Gasteiger partial charge in [0.2, 0.25) is 0 Å². The number of nitrogens with two attached hydrogens (primary N) is 1. The van der Waals surface area contributed by atoms with E-state index in [-0.39, 0.29) is 5.84 Å². The highest BCUT2D eigenvalue weighted by Gasteiger charge is 1.81. The fourth-order valence-corrected chi connectivity index (χ4v) is 0.574. The molecule has 0 aliphatic rings. The predicted octanol–water partition coefficient (Wildman–Crippen LogP) is 1.13. The van der Waals surface area contributed by atoms with Crippen molar-refractivity contribution in [2.24, 2.45) is 10.7 Å². The molecule has 0 aromatic rings. The number of nitrogens with zero attached hydrogens (tertiary/aromatic N) is 1. The van der Waals surface area contributed by atoms with E-state index < -0.39 is 0 Å². The van der Waals surface area contributed by atoms with Crippen molar-refractivity contribution in [2.45, 2.75) is 6.92 Å². The van der Waals surface area contributed by atoms with Crippen LogP contribution in [0.4, 0.5) is 0 Å². The maximum atomic E-state index is 6.94. The Morgan fingerprint density at radius 2 is 2.18 bits per heavy atom. The number of hydrogen-bond donors (Lipinski definition) is 2. The van der Waals surface area contributed by atoms with E-state index in [1.807, 2.05) is 13.0 Å². The van der Waals surface area contributed by atoms with Crippen molar-refractivity contribution in [2.75, 3.05) is 7.05 Å². The summed E-state index contributed by atoms with van der Waals surface area (Å²) in [6, 6.07) is 0. The summed E-state index contributed by atoms with van der Waals surface area (Å²) in [7, 11) is 1.70. The van der Waals surface area contributed by atoms with Crippen molar-refractivity contribution in [3.63, 3.8) is 0 Å². The molecule has 3 heteroatoms. The standard InChI is InChI=1S/C8H13N3/c1-7(6-8(9)10)4-3-5-11-2/h3-6H,1-2H3,(H3,9,10)/b4-3-,7-6+,11-5?. The average molecular weight is 151 g/mol. The zero-order valence-electron chi connectivity index (χ0n) is 6.83. The Labute approximate surface area is 66.8 Å². The molecule has 60 valence electrons. The Morgan fingerprint density at radius 3 is 2.64 bits per heavy atom. The van der Waals surface area contributed by atoms with Crippen LogP contribution in [0.3, 0.4) is 0 Å². The number of amidine groups is 1. The summed E-state index contributed by atoms with van der Waals surface area (Å²) in [5, 5.41) is 6.94. The summed E-state index contributed by atoms with van der Waals surface area (Å²) in [5.74, 6) is 0.0700. The van der Waals surface area contributed by atoms with Crippen molar-refractivity contribution in [1.82, 2.24) is 0 Å². The van der Waals surface area contributed by atoms with Crippen LogP contribution < -0.4 is 5.73 Å². The molecule has 0 unspecified atom stereocenters. The zero-order chi connectivity index (χ0) is 8.69. The number of allylic oxidation sites excluding steroid dienone is 3. The average Bonchev–Trinajstić information content (AvgIpc) is 1.86. The van der Waals surface area contributed by atoms with Gasteiger partial charge in [0.05, 0.1) is 0 Å².